The van der Waals surface area contributed by atoms with Crippen molar-refractivity contribution in [2.24, 2.45) is 0 Å². The van der Waals surface area contributed by atoms with Crippen LogP contribution in [0.3, 0.4) is 0 Å². The Kier molecular flexibility index (Phi) is 4.44. The standard InChI is InChI=1S/C22H23N3O2/c1-14-7-8-15(2)19(11-14)24-22(27)20-9-10-21(26)25(20)13-16-12-23-18-6-4-3-5-17(16)18/h3-8,11-12,20,23H,9-10,13H2,1-2H3,(H,24,27). The highest BCUT2D eigenvalue weighted by atomic mass is 16.2. The van der Waals surface area contributed by atoms with E-state index in [4.69, 9.17) is 0 Å². The first-order valence-corrected chi connectivity index (χ1v) is 9.25. The first-order valence-electron chi connectivity index (χ1n) is 9.25. The summed E-state index contributed by atoms with van der Waals surface area (Å²) in [6.07, 6.45) is 2.89. The molecule has 1 unspecified atom stereocenters. The highest BCUT2D eigenvalue weighted by Crippen LogP contribution is 2.27. The maximum atomic E-state index is 12.9. The van der Waals surface area contributed by atoms with E-state index in [0.717, 1.165) is 33.3 Å². The molecule has 1 aliphatic heterocycles. The fourth-order valence-corrected chi connectivity index (χ4v) is 3.74. The normalized spacial score (nSPS) is 16.9. The molecule has 2 heterocycles. The number of H-pyrrole nitrogens is 1. The van der Waals surface area contributed by atoms with Crippen molar-refractivity contribution in [3.63, 3.8) is 0 Å². The number of carbonyl (C=O) groups excluding carboxylic acids is 2. The quantitative estimate of drug-likeness (QED) is 0.740. The van der Waals surface area contributed by atoms with Gasteiger partial charge in [-0.3, -0.25) is 9.59 Å². The minimum absolute atomic E-state index is 0.0291. The van der Waals surface area contributed by atoms with Gasteiger partial charge in [0.05, 0.1) is 0 Å². The molecule has 5 nitrogen and oxygen atoms in total. The second-order valence-electron chi connectivity index (χ2n) is 7.24. The lowest BCUT2D eigenvalue weighted by Gasteiger charge is -2.24. The van der Waals surface area contributed by atoms with Crippen LogP contribution in [-0.4, -0.2) is 27.7 Å². The Hall–Kier alpha value is -3.08. The van der Waals surface area contributed by atoms with Crippen molar-refractivity contribution in [2.45, 2.75) is 39.3 Å². The van der Waals surface area contributed by atoms with Crippen LogP contribution in [0, 0.1) is 13.8 Å². The number of hydrogen-bond acceptors (Lipinski definition) is 2. The average molecular weight is 361 g/mol. The van der Waals surface area contributed by atoms with Crippen molar-refractivity contribution in [1.82, 2.24) is 9.88 Å². The monoisotopic (exact) mass is 361 g/mol. The van der Waals surface area contributed by atoms with Crippen LogP contribution in [0.2, 0.25) is 0 Å². The van der Waals surface area contributed by atoms with Crippen LogP contribution >= 0.6 is 0 Å². The van der Waals surface area contributed by atoms with Crippen molar-refractivity contribution < 1.29 is 9.59 Å². The molecule has 1 aromatic heterocycles. The van der Waals surface area contributed by atoms with E-state index in [2.05, 4.69) is 10.3 Å². The smallest absolute Gasteiger partial charge is 0.247 e. The van der Waals surface area contributed by atoms with E-state index in [1.54, 1.807) is 4.90 Å². The van der Waals surface area contributed by atoms with Crippen molar-refractivity contribution in [1.29, 1.82) is 0 Å². The Morgan fingerprint density at radius 3 is 2.89 bits per heavy atom. The van der Waals surface area contributed by atoms with Crippen molar-refractivity contribution >= 4 is 28.4 Å². The highest BCUT2D eigenvalue weighted by Gasteiger charge is 2.36. The van der Waals surface area contributed by atoms with E-state index in [0.29, 0.717) is 19.4 Å². The molecule has 1 atom stereocenters. The molecule has 27 heavy (non-hydrogen) atoms. The number of rotatable bonds is 4. The van der Waals surface area contributed by atoms with Crippen LogP contribution < -0.4 is 5.32 Å². The van der Waals surface area contributed by atoms with Gasteiger partial charge in [0.2, 0.25) is 11.8 Å². The number of para-hydroxylation sites is 1. The molecular weight excluding hydrogens is 338 g/mol. The first-order chi connectivity index (χ1) is 13.0. The molecule has 2 aromatic carbocycles. The van der Waals surface area contributed by atoms with Crippen LogP contribution in [0.25, 0.3) is 10.9 Å². The summed E-state index contributed by atoms with van der Waals surface area (Å²) in [7, 11) is 0. The summed E-state index contributed by atoms with van der Waals surface area (Å²) in [6, 6.07) is 13.5. The highest BCUT2D eigenvalue weighted by molar-refractivity contribution is 5.99. The second kappa shape index (κ2) is 6.91. The number of anilines is 1. The van der Waals surface area contributed by atoms with Gasteiger partial charge < -0.3 is 15.2 Å². The number of fused-ring (bicyclic) bond motifs is 1. The topological polar surface area (TPSA) is 65.2 Å². The summed E-state index contributed by atoms with van der Waals surface area (Å²) < 4.78 is 0. The van der Waals surface area contributed by atoms with Gasteiger partial charge in [-0.15, -0.1) is 0 Å². The fourth-order valence-electron chi connectivity index (χ4n) is 3.74. The Bertz CT molecular complexity index is 1020. The van der Waals surface area contributed by atoms with E-state index in [1.165, 1.54) is 0 Å². The summed E-state index contributed by atoms with van der Waals surface area (Å²) in [5.74, 6) is -0.0872. The molecule has 2 N–H and O–H groups in total. The predicted molar refractivity (Wildman–Crippen MR) is 106 cm³/mol. The summed E-state index contributed by atoms with van der Waals surface area (Å²) >= 11 is 0. The van der Waals surface area contributed by atoms with Crippen molar-refractivity contribution in [3.8, 4) is 0 Å². The zero-order chi connectivity index (χ0) is 19.0. The molecule has 0 aliphatic carbocycles. The minimum Gasteiger partial charge on any atom is -0.361 e. The Labute approximate surface area is 158 Å². The van der Waals surface area contributed by atoms with E-state index in [1.807, 2.05) is 62.5 Å². The lowest BCUT2D eigenvalue weighted by atomic mass is 10.1. The van der Waals surface area contributed by atoms with Gasteiger partial charge in [-0.1, -0.05) is 30.3 Å². The molecule has 0 bridgehead atoms. The number of aryl methyl sites for hydroxylation is 2. The number of aromatic amines is 1. The zero-order valence-corrected chi connectivity index (χ0v) is 15.6. The molecule has 0 saturated carbocycles. The van der Waals surface area contributed by atoms with Gasteiger partial charge in [0.1, 0.15) is 6.04 Å². The van der Waals surface area contributed by atoms with Gasteiger partial charge in [0.25, 0.3) is 0 Å². The molecule has 1 fully saturated rings. The number of likely N-dealkylation sites (tertiary alicyclic amines) is 1. The summed E-state index contributed by atoms with van der Waals surface area (Å²) in [4.78, 5) is 30.3. The Morgan fingerprint density at radius 2 is 2.04 bits per heavy atom. The SMILES string of the molecule is Cc1ccc(C)c(NC(=O)C2CCC(=O)N2Cc2c[nH]c3ccccc23)c1. The van der Waals surface area contributed by atoms with Crippen molar-refractivity contribution in [3.05, 3.63) is 65.4 Å². The van der Waals surface area contributed by atoms with Crippen LogP contribution in [0.4, 0.5) is 5.69 Å². The zero-order valence-electron chi connectivity index (χ0n) is 15.6. The Morgan fingerprint density at radius 1 is 1.22 bits per heavy atom. The Balaban J connectivity index is 1.56. The first kappa shape index (κ1) is 17.3. The third-order valence-electron chi connectivity index (χ3n) is 5.30. The van der Waals surface area contributed by atoms with Gasteiger partial charge in [0.15, 0.2) is 0 Å². The van der Waals surface area contributed by atoms with Crippen LogP contribution in [0.15, 0.2) is 48.7 Å². The van der Waals surface area contributed by atoms with E-state index >= 15 is 0 Å². The molecule has 1 aliphatic rings. The largest absolute Gasteiger partial charge is 0.361 e. The van der Waals surface area contributed by atoms with Gasteiger partial charge in [-0.25, -0.2) is 0 Å². The molecule has 1 saturated heterocycles. The van der Waals surface area contributed by atoms with E-state index < -0.39 is 6.04 Å². The fraction of sp³-hybridized carbons (Fsp3) is 0.273. The molecule has 2 amide bonds. The summed E-state index contributed by atoms with van der Waals surface area (Å²) in [6.45, 7) is 4.41. The lowest BCUT2D eigenvalue weighted by molar-refractivity contribution is -0.133. The van der Waals surface area contributed by atoms with Gasteiger partial charge >= 0.3 is 0 Å². The lowest BCUT2D eigenvalue weighted by Crippen LogP contribution is -2.41. The number of aromatic nitrogens is 1. The molecule has 0 radical (unpaired) electrons. The molecule has 5 heteroatoms. The number of nitrogens with zero attached hydrogens (tertiary/aromatic N) is 1. The predicted octanol–water partition coefficient (Wildman–Crippen LogP) is 3.91. The maximum Gasteiger partial charge on any atom is 0.247 e. The van der Waals surface area contributed by atoms with Gasteiger partial charge in [-0.05, 0) is 49.1 Å². The summed E-state index contributed by atoms with van der Waals surface area (Å²) in [5.41, 5.74) is 4.99. The molecular formula is C22H23N3O2. The second-order valence-corrected chi connectivity index (χ2v) is 7.24. The number of nitrogens with one attached hydrogen (secondary N) is 2. The summed E-state index contributed by atoms with van der Waals surface area (Å²) in [5, 5.41) is 4.11. The maximum absolute atomic E-state index is 12.9. The number of amides is 2. The van der Waals surface area contributed by atoms with E-state index in [9.17, 15) is 9.59 Å². The van der Waals surface area contributed by atoms with E-state index in [-0.39, 0.29) is 11.8 Å². The van der Waals surface area contributed by atoms with Crippen LogP contribution in [-0.2, 0) is 16.1 Å². The number of carbonyl (C=O) groups is 2. The molecule has 4 rings (SSSR count). The number of hydrogen-bond donors (Lipinski definition) is 2. The number of benzene rings is 2. The van der Waals surface area contributed by atoms with Gasteiger partial charge in [0, 0.05) is 35.8 Å². The van der Waals surface area contributed by atoms with Crippen LogP contribution in [0.5, 0.6) is 0 Å². The van der Waals surface area contributed by atoms with Crippen molar-refractivity contribution in [2.75, 3.05) is 5.32 Å². The molecule has 138 valence electrons. The average Bonchev–Trinajstić information content (AvgIpc) is 3.23. The third kappa shape index (κ3) is 3.33. The third-order valence-corrected chi connectivity index (χ3v) is 5.30. The molecule has 3 aromatic rings. The van der Waals surface area contributed by atoms with Crippen LogP contribution in [0.1, 0.15) is 29.5 Å². The van der Waals surface area contributed by atoms with Gasteiger partial charge in [-0.2, -0.15) is 0 Å². The minimum atomic E-state index is -0.439. The molecule has 0 spiro atoms.